The van der Waals surface area contributed by atoms with Gasteiger partial charge in [0.25, 0.3) is 0 Å². The third-order valence-electron chi connectivity index (χ3n) is 2.91. The molecule has 0 aromatic heterocycles. The lowest BCUT2D eigenvalue weighted by atomic mass is 10.1. The van der Waals surface area contributed by atoms with Crippen LogP contribution in [0.5, 0.6) is 0 Å². The molecule has 0 aliphatic carbocycles. The zero-order valence-electron chi connectivity index (χ0n) is 10.4. The molecule has 0 atom stereocenters. The van der Waals surface area contributed by atoms with Gasteiger partial charge in [-0.25, -0.2) is 0 Å². The first kappa shape index (κ1) is 13.6. The second kappa shape index (κ2) is 5.89. The van der Waals surface area contributed by atoms with Gasteiger partial charge in [-0.2, -0.15) is 0 Å². The van der Waals surface area contributed by atoms with Gasteiger partial charge in [0.05, 0.1) is 0 Å². The van der Waals surface area contributed by atoms with E-state index in [1.165, 1.54) is 22.4 Å². The van der Waals surface area contributed by atoms with Gasteiger partial charge in [0.15, 0.2) is 0 Å². The van der Waals surface area contributed by atoms with E-state index >= 15 is 0 Å². The minimum absolute atomic E-state index is 0.835. The molecule has 0 spiro atoms. The number of hydrogen-bond donors (Lipinski definition) is 1. The molecule has 94 valence electrons. The number of nitrogens with one attached hydrogen (secondary N) is 1. The third-order valence-corrected chi connectivity index (χ3v) is 4.26. The van der Waals surface area contributed by atoms with E-state index in [4.69, 9.17) is 0 Å². The van der Waals surface area contributed by atoms with Crippen molar-refractivity contribution >= 4 is 37.5 Å². The molecule has 3 heteroatoms. The molecule has 0 heterocycles. The van der Waals surface area contributed by atoms with Crippen LogP contribution in [0.4, 0.5) is 5.69 Å². The topological polar surface area (TPSA) is 12.0 Å². The van der Waals surface area contributed by atoms with E-state index in [9.17, 15) is 0 Å². The van der Waals surface area contributed by atoms with Crippen molar-refractivity contribution in [1.29, 1.82) is 0 Å². The van der Waals surface area contributed by atoms with Crippen LogP contribution in [0.25, 0.3) is 0 Å². The number of benzene rings is 2. The largest absolute Gasteiger partial charge is 0.381 e. The van der Waals surface area contributed by atoms with Crippen LogP contribution in [0.3, 0.4) is 0 Å². The zero-order chi connectivity index (χ0) is 13.1. The van der Waals surface area contributed by atoms with Crippen LogP contribution in [-0.4, -0.2) is 0 Å². The Morgan fingerprint density at radius 2 is 1.72 bits per heavy atom. The first-order chi connectivity index (χ1) is 8.56. The fourth-order valence-electron chi connectivity index (χ4n) is 1.77. The molecule has 1 N–H and O–H groups in total. The zero-order valence-corrected chi connectivity index (χ0v) is 13.6. The van der Waals surface area contributed by atoms with E-state index in [0.717, 1.165) is 15.5 Å². The van der Waals surface area contributed by atoms with Crippen molar-refractivity contribution in [3.8, 4) is 0 Å². The summed E-state index contributed by atoms with van der Waals surface area (Å²) >= 11 is 7.04. The van der Waals surface area contributed by atoms with E-state index < -0.39 is 0 Å². The highest BCUT2D eigenvalue weighted by Gasteiger charge is 2.00. The number of rotatable bonds is 3. The number of halogens is 2. The van der Waals surface area contributed by atoms with Crippen molar-refractivity contribution in [2.45, 2.75) is 20.4 Å². The molecule has 1 nitrogen and oxygen atoms in total. The SMILES string of the molecule is Cc1ccc(CNc2ccc(Br)cc2C)cc1Br. The first-order valence-electron chi connectivity index (χ1n) is 5.81. The number of anilines is 1. The number of aryl methyl sites for hydroxylation is 2. The molecule has 0 saturated carbocycles. The van der Waals surface area contributed by atoms with Gasteiger partial charge in [0.2, 0.25) is 0 Å². The Kier molecular flexibility index (Phi) is 4.46. The van der Waals surface area contributed by atoms with Crippen LogP contribution in [-0.2, 0) is 6.54 Å². The average molecular weight is 369 g/mol. The lowest BCUT2D eigenvalue weighted by Crippen LogP contribution is -2.01. The molecule has 0 radical (unpaired) electrons. The summed E-state index contributed by atoms with van der Waals surface area (Å²) < 4.78 is 2.28. The monoisotopic (exact) mass is 367 g/mol. The predicted octanol–water partition coefficient (Wildman–Crippen LogP) is 5.44. The summed E-state index contributed by atoms with van der Waals surface area (Å²) in [5, 5.41) is 3.46. The summed E-state index contributed by atoms with van der Waals surface area (Å²) in [6.45, 7) is 5.04. The third kappa shape index (κ3) is 3.36. The van der Waals surface area contributed by atoms with Crippen molar-refractivity contribution in [1.82, 2.24) is 0 Å². The summed E-state index contributed by atoms with van der Waals surface area (Å²) in [5.74, 6) is 0. The predicted molar refractivity (Wildman–Crippen MR) is 85.1 cm³/mol. The van der Waals surface area contributed by atoms with Gasteiger partial charge in [0.1, 0.15) is 0 Å². The molecule has 0 bridgehead atoms. The van der Waals surface area contributed by atoms with E-state index in [1.54, 1.807) is 0 Å². The highest BCUT2D eigenvalue weighted by atomic mass is 79.9. The van der Waals surface area contributed by atoms with Crippen molar-refractivity contribution in [2.24, 2.45) is 0 Å². The minimum Gasteiger partial charge on any atom is -0.381 e. The minimum atomic E-state index is 0.835. The van der Waals surface area contributed by atoms with E-state index in [2.05, 4.69) is 87.4 Å². The molecular weight excluding hydrogens is 354 g/mol. The summed E-state index contributed by atoms with van der Waals surface area (Å²) in [5.41, 5.74) is 4.96. The Hall–Kier alpha value is -0.800. The van der Waals surface area contributed by atoms with Gasteiger partial charge in [-0.3, -0.25) is 0 Å². The normalized spacial score (nSPS) is 10.4. The summed E-state index contributed by atoms with van der Waals surface area (Å²) in [4.78, 5) is 0. The van der Waals surface area contributed by atoms with E-state index in [0.29, 0.717) is 0 Å². The van der Waals surface area contributed by atoms with Crippen LogP contribution >= 0.6 is 31.9 Å². The quantitative estimate of drug-likeness (QED) is 0.760. The fourth-order valence-corrected chi connectivity index (χ4v) is 2.67. The molecule has 18 heavy (non-hydrogen) atoms. The standard InChI is InChI=1S/C15H15Br2N/c1-10-3-4-12(8-14(10)17)9-18-15-6-5-13(16)7-11(15)2/h3-8,18H,9H2,1-2H3. The average Bonchev–Trinajstić information content (AvgIpc) is 2.32. The molecule has 0 fully saturated rings. The maximum atomic E-state index is 3.56. The fraction of sp³-hybridized carbons (Fsp3) is 0.200. The Morgan fingerprint density at radius 3 is 2.39 bits per heavy atom. The Morgan fingerprint density at radius 1 is 0.944 bits per heavy atom. The van der Waals surface area contributed by atoms with Crippen molar-refractivity contribution < 1.29 is 0 Å². The molecule has 0 saturated heterocycles. The molecule has 2 aromatic rings. The first-order valence-corrected chi connectivity index (χ1v) is 7.40. The smallest absolute Gasteiger partial charge is 0.0401 e. The lowest BCUT2D eigenvalue weighted by Gasteiger charge is -2.10. The molecular formula is C15H15Br2N. The number of hydrogen-bond acceptors (Lipinski definition) is 1. The van der Waals surface area contributed by atoms with Crippen molar-refractivity contribution in [3.05, 3.63) is 62.0 Å². The molecule has 0 aliphatic rings. The molecule has 0 amide bonds. The van der Waals surface area contributed by atoms with Crippen LogP contribution < -0.4 is 5.32 Å². The van der Waals surface area contributed by atoms with Crippen LogP contribution in [0, 0.1) is 13.8 Å². The van der Waals surface area contributed by atoms with Gasteiger partial charge in [-0.05, 0) is 54.8 Å². The van der Waals surface area contributed by atoms with Crippen molar-refractivity contribution in [3.63, 3.8) is 0 Å². The summed E-state index contributed by atoms with van der Waals surface area (Å²) in [6.07, 6.45) is 0. The second-order valence-corrected chi connectivity index (χ2v) is 6.17. The van der Waals surface area contributed by atoms with Gasteiger partial charge < -0.3 is 5.32 Å². The maximum absolute atomic E-state index is 3.56. The van der Waals surface area contributed by atoms with Crippen LogP contribution in [0.15, 0.2) is 45.3 Å². The van der Waals surface area contributed by atoms with Crippen molar-refractivity contribution in [2.75, 3.05) is 5.32 Å². The van der Waals surface area contributed by atoms with E-state index in [-0.39, 0.29) is 0 Å². The Labute approximate surface area is 125 Å². The van der Waals surface area contributed by atoms with Crippen LogP contribution in [0.1, 0.15) is 16.7 Å². The van der Waals surface area contributed by atoms with Gasteiger partial charge >= 0.3 is 0 Å². The Balaban J connectivity index is 2.09. The van der Waals surface area contributed by atoms with Gasteiger partial charge in [-0.1, -0.05) is 44.0 Å². The van der Waals surface area contributed by atoms with E-state index in [1.807, 2.05) is 0 Å². The molecule has 0 aliphatic heterocycles. The highest BCUT2D eigenvalue weighted by molar-refractivity contribution is 9.10. The molecule has 0 unspecified atom stereocenters. The highest BCUT2D eigenvalue weighted by Crippen LogP contribution is 2.22. The summed E-state index contributed by atoms with van der Waals surface area (Å²) in [7, 11) is 0. The molecule has 2 rings (SSSR count). The second-order valence-electron chi connectivity index (χ2n) is 4.40. The van der Waals surface area contributed by atoms with Crippen LogP contribution in [0.2, 0.25) is 0 Å². The Bertz CT molecular complexity index is 564. The lowest BCUT2D eigenvalue weighted by molar-refractivity contribution is 1.13. The summed E-state index contributed by atoms with van der Waals surface area (Å²) in [6, 6.07) is 12.7. The van der Waals surface area contributed by atoms with Gasteiger partial charge in [0, 0.05) is 21.2 Å². The molecule has 2 aromatic carbocycles. The van der Waals surface area contributed by atoms with Gasteiger partial charge in [-0.15, -0.1) is 0 Å². The maximum Gasteiger partial charge on any atom is 0.0401 e.